The molecule has 2 saturated heterocycles. The van der Waals surface area contributed by atoms with Crippen molar-refractivity contribution in [1.82, 2.24) is 9.21 Å². The highest BCUT2D eigenvalue weighted by atomic mass is 32.2. The molecule has 0 saturated carbocycles. The Kier molecular flexibility index (Phi) is 5.61. The summed E-state index contributed by atoms with van der Waals surface area (Å²) in [6.07, 6.45) is 1.27. The fraction of sp³-hybridized carbons (Fsp3) is 0.320. The van der Waals surface area contributed by atoms with Gasteiger partial charge in [0, 0.05) is 43.8 Å². The molecule has 5 rings (SSSR count). The molecular weight excluding hydrogens is 422 g/mol. The van der Waals surface area contributed by atoms with Crippen molar-refractivity contribution in [2.45, 2.75) is 23.8 Å². The number of carbonyl (C=O) groups is 1. The number of amides is 1. The number of rotatable bonds is 4. The SMILES string of the molecule is O=C(C1CCCN1S(=O)(=O)c1cccc2ccccc12)N1CCN(c2ccccc2)CC1. The van der Waals surface area contributed by atoms with Crippen LogP contribution in [0.2, 0.25) is 0 Å². The summed E-state index contributed by atoms with van der Waals surface area (Å²) in [4.78, 5) is 17.8. The molecule has 2 heterocycles. The number of carbonyl (C=O) groups excluding carboxylic acids is 1. The highest BCUT2D eigenvalue weighted by Crippen LogP contribution is 2.31. The van der Waals surface area contributed by atoms with Crippen molar-refractivity contribution >= 4 is 32.4 Å². The minimum Gasteiger partial charge on any atom is -0.368 e. The average molecular weight is 450 g/mol. The van der Waals surface area contributed by atoms with Crippen LogP contribution in [0.5, 0.6) is 0 Å². The summed E-state index contributed by atoms with van der Waals surface area (Å²) in [5.41, 5.74) is 1.15. The minimum atomic E-state index is -3.78. The number of sulfonamides is 1. The molecule has 2 aliphatic heterocycles. The Balaban J connectivity index is 1.35. The van der Waals surface area contributed by atoms with Gasteiger partial charge in [-0.25, -0.2) is 8.42 Å². The van der Waals surface area contributed by atoms with E-state index in [2.05, 4.69) is 17.0 Å². The molecule has 0 aliphatic carbocycles. The van der Waals surface area contributed by atoms with Crippen LogP contribution >= 0.6 is 0 Å². The molecule has 0 aromatic heterocycles. The molecule has 2 fully saturated rings. The van der Waals surface area contributed by atoms with Crippen LogP contribution in [-0.4, -0.2) is 62.3 Å². The number of benzene rings is 3. The van der Waals surface area contributed by atoms with Crippen molar-refractivity contribution < 1.29 is 13.2 Å². The molecule has 0 N–H and O–H groups in total. The van der Waals surface area contributed by atoms with Gasteiger partial charge in [0.2, 0.25) is 15.9 Å². The summed E-state index contributed by atoms with van der Waals surface area (Å²) in [5.74, 6) is -0.0703. The van der Waals surface area contributed by atoms with E-state index < -0.39 is 16.1 Å². The molecule has 0 bridgehead atoms. The summed E-state index contributed by atoms with van der Waals surface area (Å²) in [6, 6.07) is 22.4. The van der Waals surface area contributed by atoms with Gasteiger partial charge in [-0.05, 0) is 36.4 Å². The van der Waals surface area contributed by atoms with Crippen LogP contribution in [0, 0.1) is 0 Å². The first-order valence-corrected chi connectivity index (χ1v) is 12.6. The van der Waals surface area contributed by atoms with Gasteiger partial charge in [0.15, 0.2) is 0 Å². The fourth-order valence-electron chi connectivity index (χ4n) is 4.86. The number of anilines is 1. The van der Waals surface area contributed by atoms with Gasteiger partial charge < -0.3 is 9.80 Å². The Bertz CT molecular complexity index is 1220. The Morgan fingerprint density at radius 2 is 1.47 bits per heavy atom. The predicted molar refractivity (Wildman–Crippen MR) is 126 cm³/mol. The Labute approximate surface area is 189 Å². The van der Waals surface area contributed by atoms with Crippen LogP contribution in [-0.2, 0) is 14.8 Å². The normalized spacial score (nSPS) is 20.1. The highest BCUT2D eigenvalue weighted by Gasteiger charge is 2.42. The van der Waals surface area contributed by atoms with Crippen LogP contribution in [0.15, 0.2) is 77.7 Å². The monoisotopic (exact) mass is 449 g/mol. The third kappa shape index (κ3) is 3.76. The molecule has 166 valence electrons. The van der Waals surface area contributed by atoms with Crippen molar-refractivity contribution in [3.63, 3.8) is 0 Å². The van der Waals surface area contributed by atoms with E-state index in [1.807, 2.05) is 53.4 Å². The number of fused-ring (bicyclic) bond motifs is 1. The van der Waals surface area contributed by atoms with Crippen LogP contribution < -0.4 is 4.90 Å². The molecule has 6 nitrogen and oxygen atoms in total. The number of para-hydroxylation sites is 1. The Hall–Kier alpha value is -2.90. The zero-order valence-corrected chi connectivity index (χ0v) is 18.7. The second kappa shape index (κ2) is 8.56. The number of nitrogens with zero attached hydrogens (tertiary/aromatic N) is 3. The Morgan fingerprint density at radius 1 is 0.781 bits per heavy atom. The van der Waals surface area contributed by atoms with Crippen molar-refractivity contribution in [2.75, 3.05) is 37.6 Å². The fourth-order valence-corrected chi connectivity index (χ4v) is 6.72. The molecule has 0 radical (unpaired) electrons. The molecule has 7 heteroatoms. The van der Waals surface area contributed by atoms with Crippen molar-refractivity contribution in [1.29, 1.82) is 0 Å². The topological polar surface area (TPSA) is 60.9 Å². The first-order chi connectivity index (χ1) is 15.6. The molecule has 1 atom stereocenters. The van der Waals surface area contributed by atoms with Gasteiger partial charge in [-0.3, -0.25) is 4.79 Å². The van der Waals surface area contributed by atoms with Crippen LogP contribution in [0.1, 0.15) is 12.8 Å². The van der Waals surface area contributed by atoms with Crippen molar-refractivity contribution in [3.05, 3.63) is 72.8 Å². The smallest absolute Gasteiger partial charge is 0.244 e. The van der Waals surface area contributed by atoms with E-state index in [0.717, 1.165) is 24.2 Å². The number of hydrogen-bond donors (Lipinski definition) is 0. The average Bonchev–Trinajstić information content (AvgIpc) is 3.35. The Morgan fingerprint density at radius 3 is 2.25 bits per heavy atom. The van der Waals surface area contributed by atoms with Gasteiger partial charge in [-0.2, -0.15) is 4.31 Å². The van der Waals surface area contributed by atoms with Crippen molar-refractivity contribution in [3.8, 4) is 0 Å². The third-order valence-electron chi connectivity index (χ3n) is 6.54. The molecule has 2 aliphatic rings. The number of hydrogen-bond acceptors (Lipinski definition) is 4. The predicted octanol–water partition coefficient (Wildman–Crippen LogP) is 3.34. The van der Waals surface area contributed by atoms with E-state index in [0.29, 0.717) is 37.9 Å². The molecule has 1 unspecified atom stereocenters. The summed E-state index contributed by atoms with van der Waals surface area (Å²) >= 11 is 0. The quantitative estimate of drug-likeness (QED) is 0.613. The summed E-state index contributed by atoms with van der Waals surface area (Å²) < 4.78 is 28.7. The summed E-state index contributed by atoms with van der Waals surface area (Å²) in [7, 11) is -3.78. The standard InChI is InChI=1S/C25H27N3O3S/c29-25(27-18-16-26(17-19-27)21-10-2-1-3-11-21)23-13-7-15-28(23)32(30,31)24-14-6-9-20-8-4-5-12-22(20)24/h1-6,8-12,14,23H,7,13,15-19H2. The number of piperazine rings is 1. The van der Waals surface area contributed by atoms with E-state index in [9.17, 15) is 13.2 Å². The van der Waals surface area contributed by atoms with Gasteiger partial charge in [0.1, 0.15) is 6.04 Å². The van der Waals surface area contributed by atoms with E-state index in [-0.39, 0.29) is 10.8 Å². The molecular formula is C25H27N3O3S. The van der Waals surface area contributed by atoms with Gasteiger partial charge in [-0.1, -0.05) is 54.6 Å². The van der Waals surface area contributed by atoms with E-state index in [1.54, 1.807) is 12.1 Å². The van der Waals surface area contributed by atoms with Crippen LogP contribution in [0.3, 0.4) is 0 Å². The van der Waals surface area contributed by atoms with E-state index in [4.69, 9.17) is 0 Å². The van der Waals surface area contributed by atoms with E-state index in [1.165, 1.54) is 4.31 Å². The minimum absolute atomic E-state index is 0.0703. The second-order valence-electron chi connectivity index (χ2n) is 8.40. The molecule has 3 aromatic carbocycles. The zero-order chi connectivity index (χ0) is 22.1. The van der Waals surface area contributed by atoms with Gasteiger partial charge >= 0.3 is 0 Å². The lowest BCUT2D eigenvalue weighted by Crippen LogP contribution is -2.54. The van der Waals surface area contributed by atoms with Gasteiger partial charge in [-0.15, -0.1) is 0 Å². The van der Waals surface area contributed by atoms with Crippen molar-refractivity contribution in [2.24, 2.45) is 0 Å². The van der Waals surface area contributed by atoms with E-state index >= 15 is 0 Å². The highest BCUT2D eigenvalue weighted by molar-refractivity contribution is 7.89. The van der Waals surface area contributed by atoms with Gasteiger partial charge in [0.25, 0.3) is 0 Å². The van der Waals surface area contributed by atoms with Gasteiger partial charge in [0.05, 0.1) is 4.90 Å². The zero-order valence-electron chi connectivity index (χ0n) is 17.9. The lowest BCUT2D eigenvalue weighted by molar-refractivity contribution is -0.134. The third-order valence-corrected chi connectivity index (χ3v) is 8.50. The first-order valence-electron chi connectivity index (χ1n) is 11.1. The summed E-state index contributed by atoms with van der Waals surface area (Å²) in [6.45, 7) is 3.09. The first kappa shape index (κ1) is 21.0. The lowest BCUT2D eigenvalue weighted by atomic mass is 10.1. The molecule has 1 amide bonds. The maximum atomic E-state index is 13.6. The lowest BCUT2D eigenvalue weighted by Gasteiger charge is -2.38. The molecule has 32 heavy (non-hydrogen) atoms. The summed E-state index contributed by atoms with van der Waals surface area (Å²) in [5, 5.41) is 1.58. The second-order valence-corrected chi connectivity index (χ2v) is 10.3. The van der Waals surface area contributed by atoms with Crippen LogP contribution in [0.25, 0.3) is 10.8 Å². The maximum Gasteiger partial charge on any atom is 0.244 e. The molecule has 3 aromatic rings. The largest absolute Gasteiger partial charge is 0.368 e. The molecule has 0 spiro atoms. The maximum absolute atomic E-state index is 13.6. The van der Waals surface area contributed by atoms with Crippen LogP contribution in [0.4, 0.5) is 5.69 Å².